The number of anilines is 1. The molecular formula is C15H16N2O3. The van der Waals surface area contributed by atoms with Crippen LogP contribution in [0.4, 0.5) is 5.82 Å². The van der Waals surface area contributed by atoms with Gasteiger partial charge in [-0.3, -0.25) is 4.79 Å². The monoisotopic (exact) mass is 272 g/mol. The Labute approximate surface area is 117 Å². The summed E-state index contributed by atoms with van der Waals surface area (Å²) >= 11 is 0. The molecule has 0 atom stereocenters. The Hall–Kier alpha value is -2.40. The van der Waals surface area contributed by atoms with Crippen LogP contribution in [0.1, 0.15) is 5.56 Å². The molecular weight excluding hydrogens is 256 g/mol. The third-order valence-corrected chi connectivity index (χ3v) is 2.53. The Morgan fingerprint density at radius 2 is 1.95 bits per heavy atom. The lowest BCUT2D eigenvalue weighted by Crippen LogP contribution is -2.17. The smallest absolute Gasteiger partial charge is 0.251 e. The summed E-state index contributed by atoms with van der Waals surface area (Å²) in [6.07, 6.45) is 1.58. The molecule has 1 amide bonds. The van der Waals surface area contributed by atoms with Crippen LogP contribution in [0.3, 0.4) is 0 Å². The molecule has 0 spiro atoms. The van der Waals surface area contributed by atoms with E-state index in [0.29, 0.717) is 11.6 Å². The van der Waals surface area contributed by atoms with Crippen molar-refractivity contribution >= 4 is 11.7 Å². The van der Waals surface area contributed by atoms with Crippen molar-refractivity contribution in [3.05, 3.63) is 48.2 Å². The highest BCUT2D eigenvalue weighted by atomic mass is 16.5. The second-order valence-electron chi connectivity index (χ2n) is 4.27. The van der Waals surface area contributed by atoms with Gasteiger partial charge in [0.2, 0.25) is 0 Å². The minimum Gasteiger partial charge on any atom is -0.457 e. The summed E-state index contributed by atoms with van der Waals surface area (Å²) in [5, 5.41) is 2.62. The predicted octanol–water partition coefficient (Wildman–Crippen LogP) is 2.77. The molecule has 0 aliphatic heterocycles. The van der Waals surface area contributed by atoms with Gasteiger partial charge in [0.05, 0.1) is 0 Å². The van der Waals surface area contributed by atoms with Crippen LogP contribution in [0.15, 0.2) is 42.6 Å². The number of methoxy groups -OCH3 is 1. The first-order chi connectivity index (χ1) is 9.67. The van der Waals surface area contributed by atoms with Gasteiger partial charge in [-0.25, -0.2) is 4.98 Å². The molecule has 0 radical (unpaired) electrons. The van der Waals surface area contributed by atoms with Gasteiger partial charge in [-0.1, -0.05) is 17.7 Å². The zero-order valence-corrected chi connectivity index (χ0v) is 11.4. The van der Waals surface area contributed by atoms with Gasteiger partial charge in [0.15, 0.2) is 0 Å². The molecule has 0 unspecified atom stereocenters. The minimum atomic E-state index is -0.257. The number of hydrogen-bond acceptors (Lipinski definition) is 4. The summed E-state index contributed by atoms with van der Waals surface area (Å²) in [6.45, 7) is 2.00. The molecule has 0 bridgehead atoms. The van der Waals surface area contributed by atoms with Crippen molar-refractivity contribution in [1.82, 2.24) is 4.98 Å². The number of carbonyl (C=O) groups excluding carboxylic acids is 1. The van der Waals surface area contributed by atoms with E-state index < -0.39 is 0 Å². The highest BCUT2D eigenvalue weighted by Crippen LogP contribution is 2.23. The summed E-state index contributed by atoms with van der Waals surface area (Å²) in [6, 6.07) is 11.1. The highest BCUT2D eigenvalue weighted by Gasteiger charge is 2.04. The highest BCUT2D eigenvalue weighted by molar-refractivity contribution is 5.90. The van der Waals surface area contributed by atoms with Crippen molar-refractivity contribution in [2.45, 2.75) is 6.92 Å². The number of ether oxygens (including phenoxy) is 2. The summed E-state index contributed by atoms with van der Waals surface area (Å²) in [5.41, 5.74) is 1.17. The van der Waals surface area contributed by atoms with Crippen molar-refractivity contribution in [3.8, 4) is 11.5 Å². The van der Waals surface area contributed by atoms with Gasteiger partial charge < -0.3 is 14.8 Å². The Kier molecular flexibility index (Phi) is 4.68. The molecule has 0 aliphatic rings. The fourth-order valence-corrected chi connectivity index (χ4v) is 1.60. The lowest BCUT2D eigenvalue weighted by Gasteiger charge is -2.08. The average molecular weight is 272 g/mol. The van der Waals surface area contributed by atoms with Crippen molar-refractivity contribution in [2.24, 2.45) is 0 Å². The number of aryl methyl sites for hydroxylation is 1. The first-order valence-electron chi connectivity index (χ1n) is 6.17. The summed E-state index contributed by atoms with van der Waals surface area (Å²) < 4.78 is 10.4. The Bertz CT molecular complexity index is 582. The van der Waals surface area contributed by atoms with E-state index in [1.54, 1.807) is 18.3 Å². The van der Waals surface area contributed by atoms with Gasteiger partial charge in [-0.15, -0.1) is 0 Å². The molecule has 0 saturated carbocycles. The lowest BCUT2D eigenvalue weighted by molar-refractivity contribution is -0.119. The van der Waals surface area contributed by atoms with Gasteiger partial charge in [0.25, 0.3) is 5.91 Å². The number of carbonyl (C=O) groups is 1. The van der Waals surface area contributed by atoms with Crippen molar-refractivity contribution in [3.63, 3.8) is 0 Å². The van der Waals surface area contributed by atoms with Crippen LogP contribution in [-0.4, -0.2) is 24.6 Å². The molecule has 2 aromatic rings. The van der Waals surface area contributed by atoms with Crippen molar-refractivity contribution in [1.29, 1.82) is 0 Å². The van der Waals surface area contributed by atoms with Crippen LogP contribution in [-0.2, 0) is 9.53 Å². The van der Waals surface area contributed by atoms with Crippen LogP contribution >= 0.6 is 0 Å². The molecule has 0 saturated heterocycles. The molecule has 1 aromatic heterocycles. The number of rotatable bonds is 5. The third-order valence-electron chi connectivity index (χ3n) is 2.53. The molecule has 0 aliphatic carbocycles. The number of benzene rings is 1. The molecule has 0 fully saturated rings. The molecule has 20 heavy (non-hydrogen) atoms. The average Bonchev–Trinajstić information content (AvgIpc) is 2.42. The fraction of sp³-hybridized carbons (Fsp3) is 0.200. The van der Waals surface area contributed by atoms with Gasteiger partial charge >= 0.3 is 0 Å². The second-order valence-corrected chi connectivity index (χ2v) is 4.27. The van der Waals surface area contributed by atoms with E-state index in [1.807, 2.05) is 31.2 Å². The van der Waals surface area contributed by atoms with Crippen LogP contribution in [0.2, 0.25) is 0 Å². The zero-order chi connectivity index (χ0) is 14.4. The van der Waals surface area contributed by atoms with Crippen molar-refractivity contribution in [2.75, 3.05) is 19.0 Å². The zero-order valence-electron chi connectivity index (χ0n) is 11.4. The summed E-state index contributed by atoms with van der Waals surface area (Å²) in [7, 11) is 1.46. The Morgan fingerprint density at radius 1 is 1.20 bits per heavy atom. The largest absolute Gasteiger partial charge is 0.457 e. The van der Waals surface area contributed by atoms with Gasteiger partial charge in [-0.05, 0) is 25.1 Å². The summed E-state index contributed by atoms with van der Waals surface area (Å²) in [5.74, 6) is 1.51. The predicted molar refractivity (Wildman–Crippen MR) is 76.0 cm³/mol. The molecule has 5 nitrogen and oxygen atoms in total. The minimum absolute atomic E-state index is 0.00920. The normalized spacial score (nSPS) is 10.1. The first-order valence-corrected chi connectivity index (χ1v) is 6.17. The molecule has 1 N–H and O–H groups in total. The van der Waals surface area contributed by atoms with E-state index in [4.69, 9.17) is 9.47 Å². The van der Waals surface area contributed by atoms with Crippen LogP contribution in [0.25, 0.3) is 0 Å². The molecule has 2 rings (SSSR count). The maximum absolute atomic E-state index is 11.4. The maximum atomic E-state index is 11.4. The van der Waals surface area contributed by atoms with Crippen LogP contribution in [0, 0.1) is 6.92 Å². The number of hydrogen-bond donors (Lipinski definition) is 1. The molecule has 104 valence electrons. The van der Waals surface area contributed by atoms with E-state index in [0.717, 1.165) is 5.75 Å². The Morgan fingerprint density at radius 3 is 2.65 bits per heavy atom. The van der Waals surface area contributed by atoms with E-state index >= 15 is 0 Å². The molecule has 1 aromatic carbocycles. The van der Waals surface area contributed by atoms with Gasteiger partial charge in [0, 0.05) is 19.4 Å². The lowest BCUT2D eigenvalue weighted by atomic mass is 10.2. The number of nitrogens with zero attached hydrogens (tertiary/aromatic N) is 1. The topological polar surface area (TPSA) is 60.5 Å². The number of amides is 1. The first kappa shape index (κ1) is 14.0. The van der Waals surface area contributed by atoms with Crippen LogP contribution < -0.4 is 10.1 Å². The van der Waals surface area contributed by atoms with E-state index in [9.17, 15) is 4.79 Å². The Balaban J connectivity index is 2.05. The van der Waals surface area contributed by atoms with E-state index in [-0.39, 0.29) is 12.5 Å². The van der Waals surface area contributed by atoms with Crippen LogP contribution in [0.5, 0.6) is 11.5 Å². The number of nitrogens with one attached hydrogen (secondary N) is 1. The second kappa shape index (κ2) is 6.68. The maximum Gasteiger partial charge on any atom is 0.251 e. The molecule has 1 heterocycles. The number of pyridine rings is 1. The quantitative estimate of drug-likeness (QED) is 0.909. The molecule has 5 heteroatoms. The van der Waals surface area contributed by atoms with E-state index in [2.05, 4.69) is 10.3 Å². The van der Waals surface area contributed by atoms with Crippen molar-refractivity contribution < 1.29 is 14.3 Å². The third kappa shape index (κ3) is 4.07. The summed E-state index contributed by atoms with van der Waals surface area (Å²) in [4.78, 5) is 15.5. The van der Waals surface area contributed by atoms with Gasteiger partial charge in [-0.2, -0.15) is 0 Å². The standard InChI is InChI=1S/C15H16N2O3/c1-11-3-5-12(6-4-11)20-13-7-8-16-14(9-13)17-15(18)10-19-2/h3-9H,10H2,1-2H3,(H,16,17,18). The van der Waals surface area contributed by atoms with E-state index in [1.165, 1.54) is 12.7 Å². The number of aromatic nitrogens is 1. The van der Waals surface area contributed by atoms with Gasteiger partial charge in [0.1, 0.15) is 23.9 Å². The fourth-order valence-electron chi connectivity index (χ4n) is 1.60. The SMILES string of the molecule is COCC(=O)Nc1cc(Oc2ccc(C)cc2)ccn1.